The summed E-state index contributed by atoms with van der Waals surface area (Å²) < 4.78 is 2.13. The second-order valence-corrected chi connectivity index (χ2v) is 6.08. The molecule has 2 rings (SSSR count). The minimum absolute atomic E-state index is 0.0973. The maximum Gasteiger partial charge on any atom is 0.203 e. The molecule has 5 heteroatoms. The maximum absolute atomic E-state index is 6.32. The van der Waals surface area contributed by atoms with Crippen LogP contribution in [0.2, 0.25) is 10.0 Å². The Bertz CT molecular complexity index is 608. The Morgan fingerprint density at radius 3 is 2.76 bits per heavy atom. The molecule has 1 aromatic carbocycles. The van der Waals surface area contributed by atoms with Crippen molar-refractivity contribution >= 4 is 29.2 Å². The largest absolute Gasteiger partial charge is 0.356 e. The van der Waals surface area contributed by atoms with E-state index in [1.165, 1.54) is 0 Å². The highest BCUT2D eigenvalue weighted by atomic mass is 35.5. The van der Waals surface area contributed by atoms with Crippen molar-refractivity contribution in [1.29, 1.82) is 0 Å². The molecule has 0 aliphatic carbocycles. The molecule has 0 amide bonds. The van der Waals surface area contributed by atoms with Crippen molar-refractivity contribution in [2.45, 2.75) is 39.7 Å². The molecule has 0 aliphatic heterocycles. The first-order chi connectivity index (χ1) is 10.0. The van der Waals surface area contributed by atoms with Crippen molar-refractivity contribution in [2.75, 3.05) is 11.9 Å². The Kier molecular flexibility index (Phi) is 5.54. The number of unbranched alkanes of at least 4 members (excludes halogenated alkanes) is 1. The molecule has 1 heterocycles. The number of nitrogens with zero attached hydrogens (tertiary/aromatic N) is 2. The second-order valence-electron chi connectivity index (χ2n) is 5.24. The fraction of sp³-hybridized carbons (Fsp3) is 0.438. The van der Waals surface area contributed by atoms with E-state index in [-0.39, 0.29) is 6.04 Å². The van der Waals surface area contributed by atoms with Crippen molar-refractivity contribution in [3.05, 3.63) is 45.7 Å². The summed E-state index contributed by atoms with van der Waals surface area (Å²) in [6.07, 6.45) is 4.33. The molecule has 1 atom stereocenters. The standard InChI is InChI=1S/C16H21Cl2N3/c1-4-5-8-19-16-20-11(2)10-21(16)12(3)14-7-6-13(17)9-15(14)18/h6-7,9-10,12H,4-5,8H2,1-3H3,(H,19,20). The number of aryl methyl sites for hydroxylation is 1. The summed E-state index contributed by atoms with van der Waals surface area (Å²) in [6.45, 7) is 7.21. The number of hydrogen-bond donors (Lipinski definition) is 1. The first-order valence-electron chi connectivity index (χ1n) is 7.27. The van der Waals surface area contributed by atoms with Gasteiger partial charge in [-0.15, -0.1) is 0 Å². The van der Waals surface area contributed by atoms with Gasteiger partial charge in [-0.1, -0.05) is 42.6 Å². The Morgan fingerprint density at radius 1 is 1.33 bits per heavy atom. The van der Waals surface area contributed by atoms with Gasteiger partial charge in [-0.3, -0.25) is 0 Å². The molecule has 21 heavy (non-hydrogen) atoms. The monoisotopic (exact) mass is 325 g/mol. The van der Waals surface area contributed by atoms with Crippen molar-refractivity contribution in [3.8, 4) is 0 Å². The molecule has 1 unspecified atom stereocenters. The van der Waals surface area contributed by atoms with Crippen molar-refractivity contribution < 1.29 is 0 Å². The predicted molar refractivity (Wildman–Crippen MR) is 90.6 cm³/mol. The summed E-state index contributed by atoms with van der Waals surface area (Å²) in [5.74, 6) is 0.888. The minimum atomic E-state index is 0.0973. The first-order valence-corrected chi connectivity index (χ1v) is 8.02. The quantitative estimate of drug-likeness (QED) is 0.728. The zero-order chi connectivity index (χ0) is 15.4. The minimum Gasteiger partial charge on any atom is -0.356 e. The maximum atomic E-state index is 6.32. The molecule has 0 fully saturated rings. The highest BCUT2D eigenvalue weighted by molar-refractivity contribution is 6.35. The number of imidazole rings is 1. The number of benzene rings is 1. The summed E-state index contributed by atoms with van der Waals surface area (Å²) in [7, 11) is 0. The van der Waals surface area contributed by atoms with Crippen molar-refractivity contribution in [2.24, 2.45) is 0 Å². The van der Waals surface area contributed by atoms with Gasteiger partial charge in [0, 0.05) is 22.8 Å². The SMILES string of the molecule is CCCCNc1nc(C)cn1C(C)c1ccc(Cl)cc1Cl. The highest BCUT2D eigenvalue weighted by Gasteiger charge is 2.16. The molecule has 0 saturated carbocycles. The molecule has 1 aromatic heterocycles. The zero-order valence-electron chi connectivity index (χ0n) is 12.7. The zero-order valence-corrected chi connectivity index (χ0v) is 14.2. The molecule has 0 aliphatic rings. The Morgan fingerprint density at radius 2 is 2.10 bits per heavy atom. The van der Waals surface area contributed by atoms with E-state index in [1.807, 2.05) is 25.3 Å². The normalized spacial score (nSPS) is 12.4. The van der Waals surface area contributed by atoms with Crippen LogP contribution in [-0.4, -0.2) is 16.1 Å². The Hall–Kier alpha value is -1.19. The van der Waals surface area contributed by atoms with Crippen LogP contribution in [0, 0.1) is 6.92 Å². The second kappa shape index (κ2) is 7.19. The number of aromatic nitrogens is 2. The van der Waals surface area contributed by atoms with E-state index in [4.69, 9.17) is 23.2 Å². The van der Waals surface area contributed by atoms with Crippen molar-refractivity contribution in [3.63, 3.8) is 0 Å². The lowest BCUT2D eigenvalue weighted by Crippen LogP contribution is -2.13. The molecule has 0 spiro atoms. The third kappa shape index (κ3) is 3.92. The third-order valence-corrected chi connectivity index (χ3v) is 4.06. The molecule has 0 radical (unpaired) electrons. The summed E-state index contributed by atoms with van der Waals surface area (Å²) >= 11 is 12.3. The van der Waals surface area contributed by atoms with Gasteiger partial charge in [-0.25, -0.2) is 4.98 Å². The van der Waals surface area contributed by atoms with Gasteiger partial charge in [-0.05, 0) is 38.0 Å². The average Bonchev–Trinajstić information content (AvgIpc) is 2.79. The average molecular weight is 326 g/mol. The van der Waals surface area contributed by atoms with Crippen LogP contribution >= 0.6 is 23.2 Å². The van der Waals surface area contributed by atoms with E-state index in [0.717, 1.165) is 36.6 Å². The molecule has 1 N–H and O–H groups in total. The lowest BCUT2D eigenvalue weighted by molar-refractivity contribution is 0.641. The smallest absolute Gasteiger partial charge is 0.203 e. The lowest BCUT2D eigenvalue weighted by atomic mass is 10.1. The fourth-order valence-corrected chi connectivity index (χ4v) is 2.88. The molecular weight excluding hydrogens is 305 g/mol. The van der Waals surface area contributed by atoms with Crippen LogP contribution in [-0.2, 0) is 0 Å². The van der Waals surface area contributed by atoms with E-state index in [1.54, 1.807) is 6.07 Å². The molecule has 0 bridgehead atoms. The van der Waals surface area contributed by atoms with Crippen LogP contribution in [0.5, 0.6) is 0 Å². The van der Waals surface area contributed by atoms with Gasteiger partial charge in [0.1, 0.15) is 0 Å². The number of anilines is 1. The predicted octanol–water partition coefficient (Wildman–Crippen LogP) is 5.32. The van der Waals surface area contributed by atoms with E-state index in [9.17, 15) is 0 Å². The van der Waals surface area contributed by atoms with Crippen LogP contribution in [0.15, 0.2) is 24.4 Å². The summed E-state index contributed by atoms with van der Waals surface area (Å²) in [5, 5.41) is 4.73. The van der Waals surface area contributed by atoms with Gasteiger partial charge >= 0.3 is 0 Å². The van der Waals surface area contributed by atoms with Crippen LogP contribution < -0.4 is 5.32 Å². The summed E-state index contributed by atoms with van der Waals surface area (Å²) in [5.41, 5.74) is 2.03. The molecule has 0 saturated heterocycles. The number of nitrogens with one attached hydrogen (secondary N) is 1. The van der Waals surface area contributed by atoms with Crippen LogP contribution in [0.4, 0.5) is 5.95 Å². The molecule has 2 aromatic rings. The first kappa shape index (κ1) is 16.2. The van der Waals surface area contributed by atoms with E-state index >= 15 is 0 Å². The fourth-order valence-electron chi connectivity index (χ4n) is 2.31. The van der Waals surface area contributed by atoms with E-state index in [2.05, 4.69) is 28.7 Å². The van der Waals surface area contributed by atoms with Gasteiger partial charge < -0.3 is 9.88 Å². The lowest BCUT2D eigenvalue weighted by Gasteiger charge is -2.18. The molecule has 3 nitrogen and oxygen atoms in total. The van der Waals surface area contributed by atoms with E-state index < -0.39 is 0 Å². The summed E-state index contributed by atoms with van der Waals surface area (Å²) in [6, 6.07) is 5.72. The summed E-state index contributed by atoms with van der Waals surface area (Å²) in [4.78, 5) is 4.56. The highest BCUT2D eigenvalue weighted by Crippen LogP contribution is 2.30. The molecule has 114 valence electrons. The number of rotatable bonds is 6. The van der Waals surface area contributed by atoms with Crippen LogP contribution in [0.25, 0.3) is 0 Å². The van der Waals surface area contributed by atoms with Gasteiger partial charge in [0.2, 0.25) is 5.95 Å². The van der Waals surface area contributed by atoms with Gasteiger partial charge in [-0.2, -0.15) is 0 Å². The Balaban J connectivity index is 2.27. The topological polar surface area (TPSA) is 29.9 Å². The van der Waals surface area contributed by atoms with Gasteiger partial charge in [0.15, 0.2) is 0 Å². The molecular formula is C16H21Cl2N3. The number of halogens is 2. The number of hydrogen-bond acceptors (Lipinski definition) is 2. The van der Waals surface area contributed by atoms with Gasteiger partial charge in [0.05, 0.1) is 11.7 Å². The van der Waals surface area contributed by atoms with E-state index in [0.29, 0.717) is 10.0 Å². The van der Waals surface area contributed by atoms with Crippen molar-refractivity contribution in [1.82, 2.24) is 9.55 Å². The Labute approximate surface area is 136 Å². The van der Waals surface area contributed by atoms with Crippen LogP contribution in [0.3, 0.4) is 0 Å². The van der Waals surface area contributed by atoms with Gasteiger partial charge in [0.25, 0.3) is 0 Å². The van der Waals surface area contributed by atoms with Crippen LogP contribution in [0.1, 0.15) is 44.0 Å². The third-order valence-electron chi connectivity index (χ3n) is 3.50.